The van der Waals surface area contributed by atoms with Gasteiger partial charge in [-0.2, -0.15) is 0 Å². The number of nitrogens with zero attached hydrogens (tertiary/aromatic N) is 3. The van der Waals surface area contributed by atoms with E-state index in [1.54, 1.807) is 0 Å². The zero-order valence-corrected chi connectivity index (χ0v) is 45.7. The summed E-state index contributed by atoms with van der Waals surface area (Å²) in [5.74, 6) is 0.896. The number of aromatic amines is 1. The molecule has 0 atom stereocenters. The molecule has 75 heavy (non-hydrogen) atoms. The number of H-pyrrole nitrogens is 1. The Hall–Kier alpha value is -7.82. The van der Waals surface area contributed by atoms with Gasteiger partial charge in [-0.1, -0.05) is 217 Å². The van der Waals surface area contributed by atoms with Gasteiger partial charge in [0.2, 0.25) is 0 Å². The SMILES string of the molecule is CC(C)(C)c1cc(-c2cccc3c2nc(-c2cc(-c4ccccc4)cc4c2[nH]c2cc(C(C)(C)C)cc(C(C)(C)C)c24)n3-c2ccccc2C(C)(C)C)cc(C2(c3ccccn3)c3ccccc3-c3ccccc32)c1. The van der Waals surface area contributed by atoms with Gasteiger partial charge in [-0.05, 0) is 137 Å². The summed E-state index contributed by atoms with van der Waals surface area (Å²) in [6.45, 7) is 28.0. The first-order valence-corrected chi connectivity index (χ1v) is 26.8. The number of para-hydroxylation sites is 2. The van der Waals surface area contributed by atoms with Gasteiger partial charge in [-0.3, -0.25) is 9.55 Å². The molecule has 4 heteroatoms. The van der Waals surface area contributed by atoms with Crippen molar-refractivity contribution in [2.75, 3.05) is 0 Å². The molecule has 0 bridgehead atoms. The number of nitrogens with one attached hydrogen (secondary N) is 1. The molecule has 372 valence electrons. The molecular weight excluding hydrogens is 909 g/mol. The third kappa shape index (κ3) is 7.78. The molecule has 0 aliphatic heterocycles. The van der Waals surface area contributed by atoms with E-state index < -0.39 is 5.41 Å². The van der Waals surface area contributed by atoms with Crippen molar-refractivity contribution in [3.63, 3.8) is 0 Å². The molecule has 4 nitrogen and oxygen atoms in total. The zero-order valence-electron chi connectivity index (χ0n) is 45.7. The van der Waals surface area contributed by atoms with Crippen LogP contribution >= 0.6 is 0 Å². The summed E-state index contributed by atoms with van der Waals surface area (Å²) in [5, 5.41) is 2.47. The van der Waals surface area contributed by atoms with Gasteiger partial charge >= 0.3 is 0 Å². The van der Waals surface area contributed by atoms with E-state index in [0.717, 1.165) is 61.5 Å². The lowest BCUT2D eigenvalue weighted by Gasteiger charge is -2.34. The summed E-state index contributed by atoms with van der Waals surface area (Å²) in [5.41, 5.74) is 22.1. The molecule has 0 saturated heterocycles. The average molecular weight is 977 g/mol. The van der Waals surface area contributed by atoms with E-state index in [-0.39, 0.29) is 21.7 Å². The molecule has 3 heterocycles. The van der Waals surface area contributed by atoms with Crippen LogP contribution in [0.2, 0.25) is 0 Å². The molecule has 0 spiro atoms. The van der Waals surface area contributed by atoms with Crippen LogP contribution in [0, 0.1) is 0 Å². The molecule has 12 rings (SSSR count). The van der Waals surface area contributed by atoms with Crippen LogP contribution in [0.3, 0.4) is 0 Å². The summed E-state index contributed by atoms with van der Waals surface area (Å²) in [6, 6.07) is 67.9. The van der Waals surface area contributed by atoms with Crippen LogP contribution in [0.4, 0.5) is 0 Å². The van der Waals surface area contributed by atoms with Crippen LogP contribution in [0.15, 0.2) is 188 Å². The van der Waals surface area contributed by atoms with Crippen molar-refractivity contribution in [2.45, 2.75) is 110 Å². The Morgan fingerprint density at radius 2 is 1.07 bits per heavy atom. The Labute approximate surface area is 443 Å². The van der Waals surface area contributed by atoms with Crippen molar-refractivity contribution in [1.29, 1.82) is 0 Å². The first kappa shape index (κ1) is 48.1. The lowest BCUT2D eigenvalue weighted by molar-refractivity contribution is 0.573. The quantitative estimate of drug-likeness (QED) is 0.180. The highest BCUT2D eigenvalue weighted by molar-refractivity contribution is 6.15. The number of hydrogen-bond donors (Lipinski definition) is 1. The van der Waals surface area contributed by atoms with Gasteiger partial charge in [0.15, 0.2) is 0 Å². The van der Waals surface area contributed by atoms with E-state index >= 15 is 0 Å². The molecule has 0 saturated carbocycles. The maximum absolute atomic E-state index is 6.04. The minimum Gasteiger partial charge on any atom is -0.354 e. The standard InChI is InChI=1S/C71H68N4/c1-67(2,3)47-37-46(38-49(41-47)71(62-35-22-23-36-72-62)55-30-18-16-27-51(55)52-28-17-19-31-56(52)71)50-29-24-34-61-65(50)74-66(75(61)60-33-21-20-32-57(60)69(7,8)9)54-40-45(44-25-14-13-15-26-44)39-53-63-58(70(10,11)12)42-48(68(4,5)6)43-59(63)73-64(53)54/h13-43,73H,1-12H3. The highest BCUT2D eigenvalue weighted by atomic mass is 15.1. The number of imidazole rings is 1. The molecule has 0 amide bonds. The molecule has 1 N–H and O–H groups in total. The van der Waals surface area contributed by atoms with Crippen molar-refractivity contribution in [2.24, 2.45) is 0 Å². The molecule has 11 aromatic rings. The van der Waals surface area contributed by atoms with Crippen molar-refractivity contribution in [3.05, 3.63) is 233 Å². The summed E-state index contributed by atoms with van der Waals surface area (Å²) in [6.07, 6.45) is 1.95. The van der Waals surface area contributed by atoms with E-state index in [2.05, 4.69) is 269 Å². The monoisotopic (exact) mass is 977 g/mol. The Balaban J connectivity index is 1.21. The van der Waals surface area contributed by atoms with Crippen LogP contribution in [0.25, 0.3) is 83.3 Å². The fourth-order valence-electron chi connectivity index (χ4n) is 12.2. The normalized spacial score (nSPS) is 13.7. The molecular formula is C71H68N4. The third-order valence-corrected chi connectivity index (χ3v) is 16.0. The highest BCUT2D eigenvalue weighted by Crippen LogP contribution is 2.57. The predicted molar refractivity (Wildman–Crippen MR) is 317 cm³/mol. The van der Waals surface area contributed by atoms with Crippen LogP contribution < -0.4 is 0 Å². The average Bonchev–Trinajstić information content (AvgIpc) is 4.18. The van der Waals surface area contributed by atoms with Crippen LogP contribution in [-0.4, -0.2) is 19.5 Å². The van der Waals surface area contributed by atoms with Gasteiger partial charge in [0.05, 0.1) is 33.3 Å². The van der Waals surface area contributed by atoms with Crippen LogP contribution in [-0.2, 0) is 27.1 Å². The Bertz CT molecular complexity index is 3980. The van der Waals surface area contributed by atoms with E-state index in [4.69, 9.17) is 9.97 Å². The van der Waals surface area contributed by atoms with E-state index in [1.807, 2.05) is 12.3 Å². The zero-order chi connectivity index (χ0) is 52.4. The largest absolute Gasteiger partial charge is 0.354 e. The van der Waals surface area contributed by atoms with Crippen molar-refractivity contribution >= 4 is 32.8 Å². The number of aromatic nitrogens is 4. The molecule has 1 aliphatic rings. The fourth-order valence-corrected chi connectivity index (χ4v) is 12.2. The Morgan fingerprint density at radius 3 is 1.72 bits per heavy atom. The molecule has 8 aromatic carbocycles. The summed E-state index contributed by atoms with van der Waals surface area (Å²) in [4.78, 5) is 15.4. The minimum atomic E-state index is -0.674. The summed E-state index contributed by atoms with van der Waals surface area (Å²) < 4.78 is 2.47. The molecule has 0 unspecified atom stereocenters. The van der Waals surface area contributed by atoms with E-state index in [1.165, 1.54) is 66.4 Å². The maximum Gasteiger partial charge on any atom is 0.147 e. The smallest absolute Gasteiger partial charge is 0.147 e. The molecule has 1 aliphatic carbocycles. The molecule has 0 fully saturated rings. The number of fused-ring (bicyclic) bond motifs is 7. The number of rotatable bonds is 6. The van der Waals surface area contributed by atoms with E-state index in [9.17, 15) is 0 Å². The van der Waals surface area contributed by atoms with Crippen LogP contribution in [0.1, 0.15) is 128 Å². The molecule has 3 aromatic heterocycles. The first-order valence-electron chi connectivity index (χ1n) is 26.8. The second-order valence-electron chi connectivity index (χ2n) is 25.2. The van der Waals surface area contributed by atoms with Crippen molar-refractivity contribution in [3.8, 4) is 50.5 Å². The van der Waals surface area contributed by atoms with Gasteiger partial charge in [0, 0.05) is 33.6 Å². The Morgan fingerprint density at radius 1 is 0.453 bits per heavy atom. The minimum absolute atomic E-state index is 0.0451. The lowest BCUT2D eigenvalue weighted by atomic mass is 9.68. The van der Waals surface area contributed by atoms with Crippen molar-refractivity contribution in [1.82, 2.24) is 19.5 Å². The second kappa shape index (κ2) is 17.1. The molecule has 0 radical (unpaired) electrons. The lowest BCUT2D eigenvalue weighted by Crippen LogP contribution is -2.30. The fraction of sp³-hybridized carbons (Fsp3) is 0.239. The van der Waals surface area contributed by atoms with Gasteiger partial charge in [0.25, 0.3) is 0 Å². The Kier molecular flexibility index (Phi) is 11.0. The predicted octanol–water partition coefficient (Wildman–Crippen LogP) is 18.6. The number of benzene rings is 8. The van der Waals surface area contributed by atoms with E-state index in [0.29, 0.717) is 0 Å². The summed E-state index contributed by atoms with van der Waals surface area (Å²) in [7, 11) is 0. The number of pyridine rings is 1. The van der Waals surface area contributed by atoms with Gasteiger partial charge in [-0.25, -0.2) is 4.98 Å². The van der Waals surface area contributed by atoms with Gasteiger partial charge in [0.1, 0.15) is 5.82 Å². The van der Waals surface area contributed by atoms with Gasteiger partial charge in [-0.15, -0.1) is 0 Å². The first-order chi connectivity index (χ1) is 35.7. The third-order valence-electron chi connectivity index (χ3n) is 16.0. The van der Waals surface area contributed by atoms with Crippen molar-refractivity contribution < 1.29 is 0 Å². The second-order valence-corrected chi connectivity index (χ2v) is 25.2. The van der Waals surface area contributed by atoms with Gasteiger partial charge < -0.3 is 4.98 Å². The summed E-state index contributed by atoms with van der Waals surface area (Å²) >= 11 is 0. The van der Waals surface area contributed by atoms with Crippen LogP contribution in [0.5, 0.6) is 0 Å². The maximum atomic E-state index is 6.04. The number of hydrogen-bond acceptors (Lipinski definition) is 2. The topological polar surface area (TPSA) is 46.5 Å². The highest BCUT2D eigenvalue weighted by Gasteiger charge is 2.47.